The molecule has 0 aliphatic rings. The third-order valence-electron chi connectivity index (χ3n) is 5.33. The molecule has 1 aromatic rings. The van der Waals surface area contributed by atoms with Crippen LogP contribution in [0, 0.1) is 0 Å². The van der Waals surface area contributed by atoms with Gasteiger partial charge in [0.1, 0.15) is 0 Å². The smallest absolute Gasteiger partial charge is 0.200 e. The van der Waals surface area contributed by atoms with E-state index in [1.54, 1.807) is 0 Å². The first kappa shape index (κ1) is 22.1. The summed E-state index contributed by atoms with van der Waals surface area (Å²) in [7, 11) is -1.91. The molecule has 0 aliphatic heterocycles. The average molecular weight is 363 g/mol. The zero-order valence-corrected chi connectivity index (χ0v) is 18.3. The van der Waals surface area contributed by atoms with E-state index in [1.165, 1.54) is 5.56 Å². The Morgan fingerprint density at radius 1 is 0.920 bits per heavy atom. The Balaban J connectivity index is 2.89. The van der Waals surface area contributed by atoms with Gasteiger partial charge in [-0.15, -0.1) is 6.58 Å². The summed E-state index contributed by atoms with van der Waals surface area (Å²) in [6.45, 7) is 20.7. The number of hydrogen-bond acceptors (Lipinski definition) is 2. The third-order valence-corrected chi connectivity index (χ3v) is 11.5. The Morgan fingerprint density at radius 2 is 1.44 bits per heavy atom. The van der Waals surface area contributed by atoms with Crippen molar-refractivity contribution in [3.8, 4) is 0 Å². The lowest BCUT2D eigenvalue weighted by Gasteiger charge is -2.45. The topological polar surface area (TPSA) is 18.5 Å². The Bertz CT molecular complexity index is 474. The lowest BCUT2D eigenvalue weighted by Crippen LogP contribution is -2.52. The van der Waals surface area contributed by atoms with Crippen LogP contribution in [0.2, 0.25) is 16.6 Å². The molecule has 0 N–H and O–H groups in total. The normalized spacial score (nSPS) is 15.0. The Hall–Kier alpha value is -0.903. The molecule has 0 bridgehead atoms. The van der Waals surface area contributed by atoms with Gasteiger partial charge in [0.15, 0.2) is 0 Å². The summed E-state index contributed by atoms with van der Waals surface area (Å²) < 4.78 is 13.1. The van der Waals surface area contributed by atoms with Crippen LogP contribution in [-0.2, 0) is 15.8 Å². The summed E-state index contributed by atoms with van der Waals surface area (Å²) in [6.07, 6.45) is 2.87. The van der Waals surface area contributed by atoms with E-state index in [0.29, 0.717) is 23.2 Å². The first-order valence-corrected chi connectivity index (χ1v) is 11.8. The van der Waals surface area contributed by atoms with Crippen LogP contribution >= 0.6 is 0 Å². The molecule has 25 heavy (non-hydrogen) atoms. The van der Waals surface area contributed by atoms with Gasteiger partial charge in [-0.25, -0.2) is 0 Å². The molecule has 2 atom stereocenters. The molecular formula is C22H38O2Si. The van der Waals surface area contributed by atoms with Crippen LogP contribution in [0.1, 0.15) is 60.5 Å². The van der Waals surface area contributed by atoms with Crippen molar-refractivity contribution in [3.63, 3.8) is 0 Å². The first-order valence-electron chi connectivity index (χ1n) is 9.69. The zero-order chi connectivity index (χ0) is 19.0. The summed E-state index contributed by atoms with van der Waals surface area (Å²) in [4.78, 5) is 0. The minimum absolute atomic E-state index is 0.0424. The number of benzene rings is 1. The maximum atomic E-state index is 6.89. The molecule has 0 saturated heterocycles. The van der Waals surface area contributed by atoms with Gasteiger partial charge < -0.3 is 9.16 Å². The average Bonchev–Trinajstić information content (AvgIpc) is 2.56. The van der Waals surface area contributed by atoms with Crippen molar-refractivity contribution in [1.82, 2.24) is 0 Å². The van der Waals surface area contributed by atoms with Crippen molar-refractivity contribution in [2.45, 2.75) is 90.3 Å². The van der Waals surface area contributed by atoms with E-state index in [-0.39, 0.29) is 12.2 Å². The summed E-state index contributed by atoms with van der Waals surface area (Å²) in [5.41, 5.74) is 2.93. The highest BCUT2D eigenvalue weighted by atomic mass is 28.4. The fourth-order valence-corrected chi connectivity index (χ4v) is 9.76. The maximum Gasteiger partial charge on any atom is 0.200 e. The maximum absolute atomic E-state index is 6.89. The molecule has 1 aromatic carbocycles. The largest absolute Gasteiger partial charge is 0.411 e. The molecule has 0 amide bonds. The molecular weight excluding hydrogens is 324 g/mol. The van der Waals surface area contributed by atoms with Crippen molar-refractivity contribution in [2.24, 2.45) is 0 Å². The number of rotatable bonds is 11. The van der Waals surface area contributed by atoms with E-state index in [2.05, 4.69) is 79.3 Å². The Kier molecular flexibility index (Phi) is 9.12. The van der Waals surface area contributed by atoms with Crippen LogP contribution in [-0.4, -0.2) is 20.5 Å². The second kappa shape index (κ2) is 10.3. The Morgan fingerprint density at radius 3 is 1.88 bits per heavy atom. The predicted octanol–water partition coefficient (Wildman–Crippen LogP) is 6.73. The second-order valence-corrected chi connectivity index (χ2v) is 13.4. The zero-order valence-electron chi connectivity index (χ0n) is 17.3. The highest BCUT2D eigenvalue weighted by molar-refractivity contribution is 6.77. The molecule has 0 heterocycles. The molecule has 1 unspecified atom stereocenters. The van der Waals surface area contributed by atoms with Crippen LogP contribution in [0.25, 0.3) is 0 Å². The van der Waals surface area contributed by atoms with E-state index in [9.17, 15) is 0 Å². The summed E-state index contributed by atoms with van der Waals surface area (Å²) in [5.74, 6) is 0. The predicted molar refractivity (Wildman–Crippen MR) is 111 cm³/mol. The molecule has 0 radical (unpaired) electrons. The molecule has 1 rings (SSSR count). The third kappa shape index (κ3) is 5.80. The van der Waals surface area contributed by atoms with Gasteiger partial charge in [-0.3, -0.25) is 0 Å². The number of hydrogen-bond donors (Lipinski definition) is 0. The monoisotopic (exact) mass is 362 g/mol. The molecule has 0 aromatic heterocycles. The number of ether oxygens (including phenoxy) is 1. The lowest BCUT2D eigenvalue weighted by atomic mass is 10.1. The standard InChI is InChI=1S/C22H38O2Si/c1-9-13-22(23-16-21-14-11-10-12-15-21)20(8)24-25(17(2)3,18(4)5)19(6)7/h9-12,14-15,17-20,22H,1,13,16H2,2-8H3/t20-,22?/m0/s1. The van der Waals surface area contributed by atoms with E-state index < -0.39 is 8.32 Å². The van der Waals surface area contributed by atoms with Crippen molar-refractivity contribution < 1.29 is 9.16 Å². The lowest BCUT2D eigenvalue weighted by molar-refractivity contribution is -0.0318. The van der Waals surface area contributed by atoms with Crippen molar-refractivity contribution >= 4 is 8.32 Å². The molecule has 0 saturated carbocycles. The van der Waals surface area contributed by atoms with Gasteiger partial charge in [0.05, 0.1) is 18.8 Å². The summed E-state index contributed by atoms with van der Waals surface area (Å²) >= 11 is 0. The van der Waals surface area contributed by atoms with Crippen molar-refractivity contribution in [2.75, 3.05) is 0 Å². The van der Waals surface area contributed by atoms with Crippen LogP contribution in [0.5, 0.6) is 0 Å². The van der Waals surface area contributed by atoms with E-state index in [4.69, 9.17) is 9.16 Å². The fraction of sp³-hybridized carbons (Fsp3) is 0.636. The molecule has 2 nitrogen and oxygen atoms in total. The van der Waals surface area contributed by atoms with Gasteiger partial charge in [-0.05, 0) is 35.5 Å². The van der Waals surface area contributed by atoms with Crippen LogP contribution in [0.4, 0.5) is 0 Å². The Labute approximate surface area is 156 Å². The molecule has 3 heteroatoms. The fourth-order valence-electron chi connectivity index (χ4n) is 4.14. The van der Waals surface area contributed by atoms with Crippen LogP contribution < -0.4 is 0 Å². The molecule has 0 fully saturated rings. The molecule has 142 valence electrons. The van der Waals surface area contributed by atoms with Crippen LogP contribution in [0.3, 0.4) is 0 Å². The second-order valence-electron chi connectivity index (χ2n) is 8.00. The van der Waals surface area contributed by atoms with Gasteiger partial charge in [0, 0.05) is 0 Å². The highest BCUT2D eigenvalue weighted by Crippen LogP contribution is 2.43. The van der Waals surface area contributed by atoms with Crippen LogP contribution in [0.15, 0.2) is 43.0 Å². The van der Waals surface area contributed by atoms with Gasteiger partial charge in [0.25, 0.3) is 0 Å². The van der Waals surface area contributed by atoms with Crippen molar-refractivity contribution in [3.05, 3.63) is 48.6 Å². The van der Waals surface area contributed by atoms with E-state index >= 15 is 0 Å². The van der Waals surface area contributed by atoms with Gasteiger partial charge in [-0.1, -0.05) is 78.0 Å². The minimum atomic E-state index is -1.91. The first-order chi connectivity index (χ1) is 11.8. The quantitative estimate of drug-likeness (QED) is 0.321. The van der Waals surface area contributed by atoms with Crippen molar-refractivity contribution in [1.29, 1.82) is 0 Å². The molecule has 0 spiro atoms. The summed E-state index contributed by atoms with van der Waals surface area (Å²) in [5, 5.41) is 0. The highest BCUT2D eigenvalue weighted by Gasteiger charge is 2.46. The van der Waals surface area contributed by atoms with E-state index in [1.807, 2.05) is 12.1 Å². The van der Waals surface area contributed by atoms with E-state index in [0.717, 1.165) is 6.42 Å². The minimum Gasteiger partial charge on any atom is -0.411 e. The van der Waals surface area contributed by atoms with Gasteiger partial charge >= 0.3 is 0 Å². The molecule has 0 aliphatic carbocycles. The SMILES string of the molecule is C=CCC(OCc1ccccc1)[C@H](C)O[Si](C(C)C)(C(C)C)C(C)C. The summed E-state index contributed by atoms with van der Waals surface area (Å²) in [6, 6.07) is 10.3. The van der Waals surface area contributed by atoms with Gasteiger partial charge in [0.2, 0.25) is 8.32 Å². The van der Waals surface area contributed by atoms with Gasteiger partial charge in [-0.2, -0.15) is 0 Å².